The molecular formula is C35H71N5O8. The SMILES string of the molecule is CC(C)C(C)C.CCC.CCNONCC(=O)N(C)C(C(C)CC)C(CC(=O)N1CCCC1C(OC)C(C)C(=O)N[C@@H](C)C(=O)O)OC. The van der Waals surface area contributed by atoms with E-state index in [2.05, 4.69) is 57.8 Å². The summed E-state index contributed by atoms with van der Waals surface area (Å²) in [5.74, 6) is -0.866. The van der Waals surface area contributed by atoms with E-state index in [0.717, 1.165) is 24.7 Å². The second-order valence-corrected chi connectivity index (χ2v) is 13.3. The minimum atomic E-state index is -1.13. The van der Waals surface area contributed by atoms with Crippen LogP contribution in [-0.2, 0) is 33.6 Å². The van der Waals surface area contributed by atoms with Gasteiger partial charge in [-0.25, -0.2) is 4.94 Å². The Kier molecular flexibility index (Phi) is 26.4. The molecule has 1 aliphatic heterocycles. The molecule has 1 fully saturated rings. The van der Waals surface area contributed by atoms with Gasteiger partial charge in [0.25, 0.3) is 0 Å². The monoisotopic (exact) mass is 690 g/mol. The molecule has 0 aromatic carbocycles. The van der Waals surface area contributed by atoms with Crippen LogP contribution >= 0.6 is 0 Å². The topological polar surface area (TPSA) is 159 Å². The lowest BCUT2D eigenvalue weighted by Crippen LogP contribution is -2.54. The number of hydroxylamine groups is 2. The fraction of sp³-hybridized carbons (Fsp3) is 0.886. The van der Waals surface area contributed by atoms with Crippen LogP contribution in [0.5, 0.6) is 0 Å². The molecule has 0 radical (unpaired) electrons. The summed E-state index contributed by atoms with van der Waals surface area (Å²) in [6.07, 6.45) is 2.30. The molecule has 13 heteroatoms. The number of carboxylic acids is 1. The molecule has 48 heavy (non-hydrogen) atoms. The first-order chi connectivity index (χ1) is 22.5. The Morgan fingerprint density at radius 3 is 1.92 bits per heavy atom. The van der Waals surface area contributed by atoms with Gasteiger partial charge in [-0.15, -0.1) is 0 Å². The Labute approximate surface area is 291 Å². The number of likely N-dealkylation sites (tertiary alicyclic amines) is 1. The van der Waals surface area contributed by atoms with Crippen LogP contribution in [0.3, 0.4) is 0 Å². The van der Waals surface area contributed by atoms with Gasteiger partial charge in [-0.2, -0.15) is 11.0 Å². The summed E-state index contributed by atoms with van der Waals surface area (Å²) in [4.78, 5) is 58.7. The first-order valence-corrected chi connectivity index (χ1v) is 17.8. The third-order valence-electron chi connectivity index (χ3n) is 8.88. The van der Waals surface area contributed by atoms with Crippen LogP contribution in [0, 0.1) is 23.7 Å². The van der Waals surface area contributed by atoms with Crippen molar-refractivity contribution < 1.29 is 38.7 Å². The molecular weight excluding hydrogens is 618 g/mol. The van der Waals surface area contributed by atoms with Gasteiger partial charge in [0.05, 0.1) is 36.6 Å². The molecule has 0 aromatic rings. The van der Waals surface area contributed by atoms with Gasteiger partial charge in [0, 0.05) is 34.4 Å². The highest BCUT2D eigenvalue weighted by molar-refractivity contribution is 5.85. The van der Waals surface area contributed by atoms with E-state index in [9.17, 15) is 19.2 Å². The van der Waals surface area contributed by atoms with E-state index in [4.69, 9.17) is 19.5 Å². The molecule has 0 saturated carbocycles. The number of nitrogens with one attached hydrogen (secondary N) is 3. The van der Waals surface area contributed by atoms with Crippen molar-refractivity contribution in [3.05, 3.63) is 0 Å². The summed E-state index contributed by atoms with van der Waals surface area (Å²) in [7, 11) is 4.72. The second kappa shape index (κ2) is 26.5. The van der Waals surface area contributed by atoms with Crippen LogP contribution in [0.15, 0.2) is 0 Å². The number of aliphatic carboxylic acids is 1. The number of hydrogen-bond acceptors (Lipinski definition) is 9. The number of carbonyl (C=O) groups excluding carboxylic acids is 3. The molecule has 4 N–H and O–H groups in total. The van der Waals surface area contributed by atoms with Gasteiger partial charge < -0.3 is 29.7 Å². The summed E-state index contributed by atoms with van der Waals surface area (Å²) in [5.41, 5.74) is 5.21. The lowest BCUT2D eigenvalue weighted by Gasteiger charge is -2.39. The van der Waals surface area contributed by atoms with E-state index in [1.54, 1.807) is 23.8 Å². The van der Waals surface area contributed by atoms with Crippen LogP contribution < -0.4 is 16.3 Å². The number of rotatable bonds is 19. The second-order valence-electron chi connectivity index (χ2n) is 13.3. The maximum atomic E-state index is 13.6. The summed E-state index contributed by atoms with van der Waals surface area (Å²) < 4.78 is 11.5. The van der Waals surface area contributed by atoms with Crippen LogP contribution in [0.4, 0.5) is 0 Å². The van der Waals surface area contributed by atoms with Gasteiger partial charge in [0.1, 0.15) is 12.6 Å². The van der Waals surface area contributed by atoms with Crippen molar-refractivity contribution in [2.24, 2.45) is 23.7 Å². The Bertz CT molecular complexity index is 900. The number of amides is 3. The van der Waals surface area contributed by atoms with Gasteiger partial charge >= 0.3 is 5.97 Å². The lowest BCUT2D eigenvalue weighted by molar-refractivity contribution is -0.147. The van der Waals surface area contributed by atoms with Crippen LogP contribution in [0.2, 0.25) is 0 Å². The summed E-state index contributed by atoms with van der Waals surface area (Å²) in [6, 6.07) is -1.75. The molecule has 7 atom stereocenters. The highest BCUT2D eigenvalue weighted by atomic mass is 16.8. The van der Waals surface area contributed by atoms with Crippen LogP contribution in [-0.4, -0.2) is 110 Å². The molecule has 284 valence electrons. The average molecular weight is 690 g/mol. The molecule has 0 aliphatic carbocycles. The van der Waals surface area contributed by atoms with E-state index in [1.807, 2.05) is 20.8 Å². The first kappa shape index (κ1) is 47.8. The van der Waals surface area contributed by atoms with Gasteiger partial charge in [-0.1, -0.05) is 82.1 Å². The highest BCUT2D eigenvalue weighted by Crippen LogP contribution is 2.29. The number of likely N-dealkylation sites (N-methyl/N-ethyl adjacent to an activating group) is 1. The molecule has 1 heterocycles. The maximum absolute atomic E-state index is 13.6. The van der Waals surface area contributed by atoms with E-state index < -0.39 is 36.0 Å². The third kappa shape index (κ3) is 17.4. The van der Waals surface area contributed by atoms with E-state index in [0.29, 0.717) is 19.5 Å². The standard InChI is InChI=1S/C26H49N5O8.C6H14.C3H8/c1-9-16(3)23(30(6)22(33)15-28-39-27-10-2)20(37-7)14-21(32)31-13-11-12-19(31)24(38-8)17(4)25(34)29-18(5)26(35)36;1-5(2)6(3)4;1-3-2/h16-20,23-24,27-28H,9-15H2,1-8H3,(H,29,34)(H,35,36);5-6H,1-4H3;3H2,1-2H3/t16?,17?,18-,19?,20?,23?,24?;;/m0../s1. The van der Waals surface area contributed by atoms with Crippen molar-refractivity contribution in [3.8, 4) is 0 Å². The summed E-state index contributed by atoms with van der Waals surface area (Å²) in [5, 5.41) is 11.6. The molecule has 13 nitrogen and oxygen atoms in total. The van der Waals surface area contributed by atoms with Crippen molar-refractivity contribution in [3.63, 3.8) is 0 Å². The molecule has 1 aliphatic rings. The fourth-order valence-corrected chi connectivity index (χ4v) is 5.08. The molecule has 0 bridgehead atoms. The Hall–Kier alpha value is -2.32. The molecule has 1 saturated heterocycles. The van der Waals surface area contributed by atoms with Crippen LogP contribution in [0.25, 0.3) is 0 Å². The third-order valence-corrected chi connectivity index (χ3v) is 8.88. The minimum Gasteiger partial charge on any atom is -0.480 e. The number of nitrogens with zero attached hydrogens (tertiary/aromatic N) is 2. The predicted octanol–water partition coefficient (Wildman–Crippen LogP) is 4.26. The summed E-state index contributed by atoms with van der Waals surface area (Å²) in [6.45, 7) is 23.2. The van der Waals surface area contributed by atoms with Crippen molar-refractivity contribution in [2.45, 2.75) is 139 Å². The van der Waals surface area contributed by atoms with Crippen molar-refractivity contribution in [1.29, 1.82) is 0 Å². The largest absolute Gasteiger partial charge is 0.480 e. The number of carbonyl (C=O) groups is 4. The zero-order valence-corrected chi connectivity index (χ0v) is 32.6. The molecule has 6 unspecified atom stereocenters. The highest BCUT2D eigenvalue weighted by Gasteiger charge is 2.42. The van der Waals surface area contributed by atoms with Gasteiger partial charge in [-0.3, -0.25) is 19.2 Å². The first-order valence-electron chi connectivity index (χ1n) is 17.8. The van der Waals surface area contributed by atoms with E-state index in [1.165, 1.54) is 27.6 Å². The smallest absolute Gasteiger partial charge is 0.325 e. The van der Waals surface area contributed by atoms with Crippen LogP contribution in [0.1, 0.15) is 108 Å². The maximum Gasteiger partial charge on any atom is 0.325 e. The fourth-order valence-electron chi connectivity index (χ4n) is 5.08. The Morgan fingerprint density at radius 2 is 1.48 bits per heavy atom. The number of carboxylic acid groups (broad SMARTS) is 1. The van der Waals surface area contributed by atoms with Gasteiger partial charge in [0.15, 0.2) is 0 Å². The molecule has 1 rings (SSSR count). The van der Waals surface area contributed by atoms with E-state index >= 15 is 0 Å². The van der Waals surface area contributed by atoms with Crippen molar-refractivity contribution in [2.75, 3.05) is 40.9 Å². The zero-order chi connectivity index (χ0) is 37.6. The van der Waals surface area contributed by atoms with Gasteiger partial charge in [-0.05, 0) is 37.5 Å². The minimum absolute atomic E-state index is 0.0485. The number of hydrogen-bond donors (Lipinski definition) is 4. The van der Waals surface area contributed by atoms with E-state index in [-0.39, 0.29) is 42.8 Å². The predicted molar refractivity (Wildman–Crippen MR) is 190 cm³/mol. The molecule has 3 amide bonds. The number of methoxy groups -OCH3 is 2. The molecule has 0 aromatic heterocycles. The quantitative estimate of drug-likeness (QED) is 0.114. The molecule has 0 spiro atoms. The lowest BCUT2D eigenvalue weighted by atomic mass is 9.90. The zero-order valence-electron chi connectivity index (χ0n) is 32.6. The number of ether oxygens (including phenoxy) is 2. The summed E-state index contributed by atoms with van der Waals surface area (Å²) >= 11 is 0. The Balaban J connectivity index is 0. The average Bonchev–Trinajstić information content (AvgIpc) is 3.52. The van der Waals surface area contributed by atoms with Crippen molar-refractivity contribution >= 4 is 23.7 Å². The Morgan fingerprint density at radius 1 is 0.917 bits per heavy atom. The normalized spacial score (nSPS) is 18.0. The van der Waals surface area contributed by atoms with Gasteiger partial charge in [0.2, 0.25) is 17.7 Å². The van der Waals surface area contributed by atoms with Crippen molar-refractivity contribution in [1.82, 2.24) is 26.1 Å².